The van der Waals surface area contributed by atoms with Gasteiger partial charge in [-0.15, -0.1) is 0 Å². The second kappa shape index (κ2) is 11.6. The summed E-state index contributed by atoms with van der Waals surface area (Å²) in [5, 5.41) is 9.13. The molecule has 0 fully saturated rings. The quantitative estimate of drug-likeness (QED) is 0.186. The summed E-state index contributed by atoms with van der Waals surface area (Å²) in [6.07, 6.45) is 1.90. The molecular formula is C48H30N2O. The predicted octanol–water partition coefficient (Wildman–Crippen LogP) is 13.1. The van der Waals surface area contributed by atoms with E-state index in [9.17, 15) is 0 Å². The summed E-state index contributed by atoms with van der Waals surface area (Å²) in [5.74, 6) is 0.656. The highest BCUT2D eigenvalue weighted by molar-refractivity contribution is 6.20. The third-order valence-electron chi connectivity index (χ3n) is 10.0. The van der Waals surface area contributed by atoms with Gasteiger partial charge in [-0.1, -0.05) is 152 Å². The van der Waals surface area contributed by atoms with Crippen LogP contribution in [-0.2, 0) is 0 Å². The number of nitrogens with zero attached hydrogens (tertiary/aromatic N) is 2. The fourth-order valence-corrected chi connectivity index (χ4v) is 7.63. The number of rotatable bonds is 5. The van der Waals surface area contributed by atoms with Crippen LogP contribution in [0.5, 0.6) is 0 Å². The number of benzene rings is 8. The molecule has 2 heterocycles. The fraction of sp³-hybridized carbons (Fsp3) is 0. The third kappa shape index (κ3) is 4.74. The Morgan fingerprint density at radius 1 is 0.431 bits per heavy atom. The molecule has 0 spiro atoms. The van der Waals surface area contributed by atoms with Crippen LogP contribution in [0.4, 0.5) is 0 Å². The standard InChI is InChI=1S/C48H30N2O/c1-2-37-46(35-26-24-30-12-3-5-15-33(30)28-35)49-48(36-27-25-31-13-4-6-16-34(31)29-36)50-47(37)41-21-11-23-43-45(41)44-40(20-10-22-42(44)51-43)39-19-9-17-32-14-7-8-18-38(32)39/h2-29H,1H2. The SMILES string of the molecule is C=Cc1c(-c2ccc3ccccc3c2)nc(-c2ccc3ccccc3c2)nc1-c1cccc2oc3cccc(-c4cccc5ccccc45)c3c12. The number of furan rings is 1. The lowest BCUT2D eigenvalue weighted by Crippen LogP contribution is -2.01. The lowest BCUT2D eigenvalue weighted by molar-refractivity contribution is 0.669. The summed E-state index contributed by atoms with van der Waals surface area (Å²) in [7, 11) is 0. The Bertz CT molecular complexity index is 3000. The van der Waals surface area contributed by atoms with E-state index in [4.69, 9.17) is 14.4 Å². The number of hydrogen-bond donors (Lipinski definition) is 0. The van der Waals surface area contributed by atoms with Gasteiger partial charge >= 0.3 is 0 Å². The van der Waals surface area contributed by atoms with Gasteiger partial charge in [-0.05, 0) is 67.7 Å². The van der Waals surface area contributed by atoms with Crippen LogP contribution in [0.1, 0.15) is 5.56 Å². The lowest BCUT2D eigenvalue weighted by atomic mass is 9.91. The predicted molar refractivity (Wildman–Crippen MR) is 214 cm³/mol. The molecule has 10 rings (SSSR count). The Labute approximate surface area is 294 Å². The zero-order chi connectivity index (χ0) is 33.9. The molecule has 3 heteroatoms. The zero-order valence-corrected chi connectivity index (χ0v) is 27.7. The first-order valence-electron chi connectivity index (χ1n) is 17.2. The molecule has 0 atom stereocenters. The molecule has 0 N–H and O–H groups in total. The van der Waals surface area contributed by atoms with Crippen molar-refractivity contribution >= 4 is 60.3 Å². The van der Waals surface area contributed by atoms with E-state index in [0.717, 1.165) is 77.5 Å². The highest BCUT2D eigenvalue weighted by Crippen LogP contribution is 2.45. The van der Waals surface area contributed by atoms with Crippen molar-refractivity contribution in [2.24, 2.45) is 0 Å². The van der Waals surface area contributed by atoms with E-state index in [-0.39, 0.29) is 0 Å². The first-order valence-corrected chi connectivity index (χ1v) is 17.2. The average Bonchev–Trinajstić information content (AvgIpc) is 3.59. The van der Waals surface area contributed by atoms with Crippen molar-refractivity contribution in [3.8, 4) is 45.0 Å². The van der Waals surface area contributed by atoms with Gasteiger partial charge in [0.1, 0.15) is 11.2 Å². The van der Waals surface area contributed by atoms with E-state index in [2.05, 4.69) is 170 Å². The van der Waals surface area contributed by atoms with Crippen molar-refractivity contribution in [2.45, 2.75) is 0 Å². The van der Waals surface area contributed by atoms with Crippen LogP contribution in [0.3, 0.4) is 0 Å². The second-order valence-electron chi connectivity index (χ2n) is 13.0. The summed E-state index contributed by atoms with van der Waals surface area (Å²) >= 11 is 0. The van der Waals surface area contributed by atoms with Crippen LogP contribution in [0.15, 0.2) is 175 Å². The number of aromatic nitrogens is 2. The van der Waals surface area contributed by atoms with Gasteiger partial charge in [-0.3, -0.25) is 0 Å². The maximum atomic E-state index is 6.62. The Morgan fingerprint density at radius 2 is 0.961 bits per heavy atom. The van der Waals surface area contributed by atoms with Crippen molar-refractivity contribution in [1.29, 1.82) is 0 Å². The third-order valence-corrected chi connectivity index (χ3v) is 10.0. The van der Waals surface area contributed by atoms with Crippen molar-refractivity contribution < 1.29 is 4.42 Å². The fourth-order valence-electron chi connectivity index (χ4n) is 7.63. The van der Waals surface area contributed by atoms with Crippen LogP contribution in [0, 0.1) is 0 Å². The van der Waals surface area contributed by atoms with Crippen LogP contribution < -0.4 is 0 Å². The molecule has 2 aromatic heterocycles. The Kier molecular flexibility index (Phi) is 6.65. The Morgan fingerprint density at radius 3 is 1.69 bits per heavy atom. The molecule has 3 nitrogen and oxygen atoms in total. The molecule has 0 aliphatic rings. The lowest BCUT2D eigenvalue weighted by Gasteiger charge is -2.16. The van der Waals surface area contributed by atoms with Crippen molar-refractivity contribution in [3.63, 3.8) is 0 Å². The monoisotopic (exact) mass is 650 g/mol. The van der Waals surface area contributed by atoms with Crippen molar-refractivity contribution in [3.05, 3.63) is 176 Å². The van der Waals surface area contributed by atoms with Gasteiger partial charge in [0.25, 0.3) is 0 Å². The van der Waals surface area contributed by atoms with Crippen molar-refractivity contribution in [1.82, 2.24) is 9.97 Å². The van der Waals surface area contributed by atoms with Crippen LogP contribution in [0.2, 0.25) is 0 Å². The molecule has 0 radical (unpaired) electrons. The van der Waals surface area contributed by atoms with Gasteiger partial charge in [0, 0.05) is 33.0 Å². The summed E-state index contributed by atoms with van der Waals surface area (Å²) in [4.78, 5) is 10.7. The van der Waals surface area contributed by atoms with Crippen LogP contribution >= 0.6 is 0 Å². The summed E-state index contributed by atoms with van der Waals surface area (Å²) < 4.78 is 6.62. The van der Waals surface area contributed by atoms with E-state index >= 15 is 0 Å². The number of fused-ring (bicyclic) bond motifs is 6. The van der Waals surface area contributed by atoms with Crippen molar-refractivity contribution in [2.75, 3.05) is 0 Å². The zero-order valence-electron chi connectivity index (χ0n) is 27.7. The molecule has 8 aromatic carbocycles. The summed E-state index contributed by atoms with van der Waals surface area (Å²) in [6, 6.07) is 57.4. The molecule has 0 saturated heterocycles. The van der Waals surface area contributed by atoms with Gasteiger partial charge in [0.2, 0.25) is 0 Å². The van der Waals surface area contributed by atoms with Crippen LogP contribution in [-0.4, -0.2) is 9.97 Å². The van der Waals surface area contributed by atoms with Crippen LogP contribution in [0.25, 0.3) is 105 Å². The van der Waals surface area contributed by atoms with Gasteiger partial charge < -0.3 is 4.42 Å². The van der Waals surface area contributed by atoms with Gasteiger partial charge in [-0.2, -0.15) is 0 Å². The maximum absolute atomic E-state index is 6.62. The molecule has 0 aliphatic carbocycles. The maximum Gasteiger partial charge on any atom is 0.160 e. The van der Waals surface area contributed by atoms with E-state index in [1.165, 1.54) is 21.5 Å². The minimum atomic E-state index is 0.656. The average molecular weight is 651 g/mol. The van der Waals surface area contributed by atoms with E-state index in [1.54, 1.807) is 0 Å². The largest absolute Gasteiger partial charge is 0.456 e. The van der Waals surface area contributed by atoms with E-state index < -0.39 is 0 Å². The first kappa shape index (κ1) is 29.1. The molecule has 0 amide bonds. The summed E-state index contributed by atoms with van der Waals surface area (Å²) in [5.41, 5.74) is 9.38. The molecule has 0 bridgehead atoms. The Balaban J connectivity index is 1.30. The highest BCUT2D eigenvalue weighted by atomic mass is 16.3. The van der Waals surface area contributed by atoms with Gasteiger partial charge in [-0.25, -0.2) is 9.97 Å². The molecule has 0 saturated carbocycles. The Hall–Kier alpha value is -6.84. The molecule has 238 valence electrons. The second-order valence-corrected chi connectivity index (χ2v) is 13.0. The topological polar surface area (TPSA) is 38.9 Å². The molecule has 51 heavy (non-hydrogen) atoms. The van der Waals surface area contributed by atoms with Gasteiger partial charge in [0.05, 0.1) is 11.4 Å². The highest BCUT2D eigenvalue weighted by Gasteiger charge is 2.23. The normalized spacial score (nSPS) is 11.6. The van der Waals surface area contributed by atoms with Gasteiger partial charge in [0.15, 0.2) is 5.82 Å². The minimum absolute atomic E-state index is 0.656. The first-order chi connectivity index (χ1) is 25.2. The molecule has 0 aliphatic heterocycles. The number of hydrogen-bond acceptors (Lipinski definition) is 3. The molecule has 0 unspecified atom stereocenters. The smallest absolute Gasteiger partial charge is 0.160 e. The molecular weight excluding hydrogens is 621 g/mol. The van der Waals surface area contributed by atoms with E-state index in [0.29, 0.717) is 5.82 Å². The van der Waals surface area contributed by atoms with E-state index in [1.807, 2.05) is 6.08 Å². The minimum Gasteiger partial charge on any atom is -0.456 e. The molecule has 10 aromatic rings. The summed E-state index contributed by atoms with van der Waals surface area (Å²) in [6.45, 7) is 4.33.